The summed E-state index contributed by atoms with van der Waals surface area (Å²) in [5.74, 6) is -3.84. The fraction of sp³-hybridized carbons (Fsp3) is 0.333. The number of aliphatic hydroxyl groups excluding tert-OH is 1. The Hall–Kier alpha value is -3.59. The van der Waals surface area contributed by atoms with Crippen LogP contribution in [0.25, 0.3) is 11.8 Å². The van der Waals surface area contributed by atoms with Gasteiger partial charge in [0.1, 0.15) is 5.75 Å². The van der Waals surface area contributed by atoms with Gasteiger partial charge in [0.05, 0.1) is 37.0 Å². The Morgan fingerprint density at radius 3 is 2.56 bits per heavy atom. The molecule has 3 atom stereocenters. The first-order chi connectivity index (χ1) is 17.2. The van der Waals surface area contributed by atoms with Crippen molar-refractivity contribution in [3.8, 4) is 11.4 Å². The minimum Gasteiger partial charge on any atom is -0.495 e. The number of carbonyl (C=O) groups is 1. The molecule has 36 heavy (non-hydrogen) atoms. The highest BCUT2D eigenvalue weighted by Gasteiger charge is 2.42. The van der Waals surface area contributed by atoms with Crippen LogP contribution in [0.3, 0.4) is 0 Å². The Bertz CT molecular complexity index is 1330. The maximum Gasteiger partial charge on any atom is 0.250 e. The van der Waals surface area contributed by atoms with Crippen LogP contribution >= 0.6 is 0 Å². The minimum atomic E-state index is -1.56. The molecule has 0 unspecified atom stereocenters. The van der Waals surface area contributed by atoms with Gasteiger partial charge < -0.3 is 19.3 Å². The summed E-state index contributed by atoms with van der Waals surface area (Å²) < 4.78 is 49.0. The number of fused-ring (bicyclic) bond motifs is 1. The average molecular weight is 498 g/mol. The molecule has 188 valence electrons. The predicted molar refractivity (Wildman–Crippen MR) is 127 cm³/mol. The third-order valence-electron chi connectivity index (χ3n) is 6.95. The molecule has 3 aromatic rings. The molecule has 3 heterocycles. The van der Waals surface area contributed by atoms with E-state index in [4.69, 9.17) is 4.74 Å². The zero-order valence-corrected chi connectivity index (χ0v) is 19.9. The maximum atomic E-state index is 14.0. The molecule has 2 saturated heterocycles. The molecule has 2 aromatic carbocycles. The Morgan fingerprint density at radius 1 is 1.14 bits per heavy atom. The van der Waals surface area contributed by atoms with E-state index in [9.17, 15) is 23.1 Å². The molecule has 0 bridgehead atoms. The normalized spacial score (nSPS) is 23.2. The zero-order valence-electron chi connectivity index (χ0n) is 19.9. The highest BCUT2D eigenvalue weighted by atomic mass is 19.2. The van der Waals surface area contributed by atoms with Gasteiger partial charge in [0, 0.05) is 17.8 Å². The number of benzene rings is 2. The SMILES string of the molecule is COc1cc(/C=C2\CC[C@@H]3C[C@@H](O)C[C@@H](c4cc(F)c(F)c(F)c4)N3C2=O)ccc1-n1cnc(C)c1. The Kier molecular flexibility index (Phi) is 6.34. The van der Waals surface area contributed by atoms with Crippen molar-refractivity contribution in [2.45, 2.75) is 50.8 Å². The number of ether oxygens (including phenoxy) is 1. The number of aromatic nitrogens is 2. The lowest BCUT2D eigenvalue weighted by Crippen LogP contribution is -2.52. The number of aryl methyl sites for hydroxylation is 1. The van der Waals surface area contributed by atoms with Crippen molar-refractivity contribution in [3.05, 3.63) is 82.7 Å². The third-order valence-corrected chi connectivity index (χ3v) is 6.95. The summed E-state index contributed by atoms with van der Waals surface area (Å²) in [6, 6.07) is 6.37. The summed E-state index contributed by atoms with van der Waals surface area (Å²) in [6.07, 6.45) is 6.24. The van der Waals surface area contributed by atoms with Crippen molar-refractivity contribution in [2.75, 3.05) is 7.11 Å². The third kappa shape index (κ3) is 4.39. The van der Waals surface area contributed by atoms with E-state index >= 15 is 0 Å². The van der Waals surface area contributed by atoms with Crippen LogP contribution < -0.4 is 4.74 Å². The molecule has 0 spiro atoms. The van der Waals surface area contributed by atoms with Gasteiger partial charge in [0.25, 0.3) is 5.91 Å². The number of hydrogen-bond donors (Lipinski definition) is 1. The van der Waals surface area contributed by atoms with E-state index in [2.05, 4.69) is 4.98 Å². The summed E-state index contributed by atoms with van der Waals surface area (Å²) in [7, 11) is 1.57. The largest absolute Gasteiger partial charge is 0.495 e. The number of amides is 1. The van der Waals surface area contributed by atoms with Crippen molar-refractivity contribution in [2.24, 2.45) is 0 Å². The van der Waals surface area contributed by atoms with Crippen molar-refractivity contribution in [1.29, 1.82) is 0 Å². The van der Waals surface area contributed by atoms with Gasteiger partial charge in [-0.15, -0.1) is 0 Å². The molecule has 2 aliphatic heterocycles. The molecular formula is C27H26F3N3O3. The number of hydrogen-bond acceptors (Lipinski definition) is 4. The van der Waals surface area contributed by atoms with Crippen LogP contribution in [0.5, 0.6) is 5.75 Å². The Labute approximate surface area is 206 Å². The quantitative estimate of drug-likeness (QED) is 0.412. The van der Waals surface area contributed by atoms with Crippen molar-refractivity contribution < 1.29 is 27.8 Å². The molecule has 1 amide bonds. The van der Waals surface area contributed by atoms with E-state index in [1.165, 1.54) is 0 Å². The minimum absolute atomic E-state index is 0.118. The monoisotopic (exact) mass is 497 g/mol. The molecule has 1 N–H and O–H groups in total. The fourth-order valence-corrected chi connectivity index (χ4v) is 5.26. The Balaban J connectivity index is 1.47. The number of nitrogens with zero attached hydrogens (tertiary/aromatic N) is 3. The number of halogens is 3. The molecule has 2 aliphatic rings. The van der Waals surface area contributed by atoms with Gasteiger partial charge in [-0.25, -0.2) is 18.2 Å². The van der Waals surface area contributed by atoms with Crippen molar-refractivity contribution >= 4 is 12.0 Å². The van der Waals surface area contributed by atoms with Gasteiger partial charge in [-0.2, -0.15) is 0 Å². The highest BCUT2D eigenvalue weighted by Crippen LogP contribution is 2.41. The van der Waals surface area contributed by atoms with Crippen LogP contribution in [0.15, 0.2) is 48.4 Å². The molecular weight excluding hydrogens is 471 g/mol. The first-order valence-corrected chi connectivity index (χ1v) is 11.8. The van der Waals surface area contributed by atoms with Crippen molar-refractivity contribution in [3.63, 3.8) is 0 Å². The van der Waals surface area contributed by atoms with E-state index in [1.807, 2.05) is 35.9 Å². The first-order valence-electron chi connectivity index (χ1n) is 11.8. The first kappa shape index (κ1) is 24.1. The maximum absolute atomic E-state index is 14.0. The lowest BCUT2D eigenvalue weighted by atomic mass is 9.82. The number of rotatable bonds is 4. The van der Waals surface area contributed by atoms with Gasteiger partial charge in [-0.05, 0) is 74.1 Å². The molecule has 2 fully saturated rings. The van der Waals surface area contributed by atoms with E-state index in [-0.39, 0.29) is 23.9 Å². The molecule has 6 nitrogen and oxygen atoms in total. The number of imidazole rings is 1. The second-order valence-electron chi connectivity index (χ2n) is 9.37. The Morgan fingerprint density at radius 2 is 1.89 bits per heavy atom. The predicted octanol–water partition coefficient (Wildman–Crippen LogP) is 4.88. The number of methoxy groups -OCH3 is 1. The summed E-state index contributed by atoms with van der Waals surface area (Å²) in [4.78, 5) is 19.4. The van der Waals surface area contributed by atoms with Gasteiger partial charge in [0.15, 0.2) is 17.5 Å². The molecule has 5 rings (SSSR count). The molecule has 1 aromatic heterocycles. The van der Waals surface area contributed by atoms with Crippen LogP contribution in [0, 0.1) is 24.4 Å². The molecule has 9 heteroatoms. The lowest BCUT2D eigenvalue weighted by molar-refractivity contribution is -0.139. The summed E-state index contributed by atoms with van der Waals surface area (Å²) >= 11 is 0. The average Bonchev–Trinajstić information content (AvgIpc) is 3.29. The van der Waals surface area contributed by atoms with Crippen LogP contribution in [0.2, 0.25) is 0 Å². The molecule has 0 saturated carbocycles. The molecule has 0 radical (unpaired) electrons. The van der Waals surface area contributed by atoms with Crippen LogP contribution in [0.1, 0.15) is 48.5 Å². The number of carbonyl (C=O) groups excluding carboxylic acids is 1. The fourth-order valence-electron chi connectivity index (χ4n) is 5.26. The second-order valence-corrected chi connectivity index (χ2v) is 9.37. The van der Waals surface area contributed by atoms with Gasteiger partial charge in [-0.3, -0.25) is 4.79 Å². The van der Waals surface area contributed by atoms with Gasteiger partial charge in [0.2, 0.25) is 0 Å². The lowest BCUT2D eigenvalue weighted by Gasteiger charge is -2.47. The highest BCUT2D eigenvalue weighted by molar-refractivity contribution is 5.99. The summed E-state index contributed by atoms with van der Waals surface area (Å²) in [6.45, 7) is 1.89. The topological polar surface area (TPSA) is 67.6 Å². The second kappa shape index (κ2) is 9.46. The van der Waals surface area contributed by atoms with Gasteiger partial charge >= 0.3 is 0 Å². The zero-order chi connectivity index (χ0) is 25.6. The van der Waals surface area contributed by atoms with Crippen molar-refractivity contribution in [1.82, 2.24) is 14.5 Å². The van der Waals surface area contributed by atoms with E-state index in [1.54, 1.807) is 24.4 Å². The van der Waals surface area contributed by atoms with Gasteiger partial charge in [-0.1, -0.05) is 6.07 Å². The van der Waals surface area contributed by atoms with E-state index in [0.717, 1.165) is 29.1 Å². The summed E-state index contributed by atoms with van der Waals surface area (Å²) in [5.41, 5.74) is 3.12. The number of aliphatic hydroxyl groups is 1. The van der Waals surface area contributed by atoms with Crippen LogP contribution in [-0.4, -0.2) is 44.7 Å². The smallest absolute Gasteiger partial charge is 0.250 e. The molecule has 0 aliphatic carbocycles. The van der Waals surface area contributed by atoms with E-state index in [0.29, 0.717) is 30.6 Å². The standard InChI is InChI=1S/C27H26F3N3O3/c1-15-13-32(14-31-15)23-6-3-16(8-25(23)36-2)7-17-4-5-19-11-20(34)12-24(33(19)27(17)35)18-9-21(28)26(30)22(29)10-18/h3,6-10,13-14,19-20,24,34H,4-5,11-12H2,1-2H3/b17-7+/t19-,20-,24+/m1/s1. The number of piperidine rings is 2. The van der Waals surface area contributed by atoms with E-state index < -0.39 is 29.6 Å². The van der Waals surface area contributed by atoms with Crippen LogP contribution in [-0.2, 0) is 4.79 Å². The summed E-state index contributed by atoms with van der Waals surface area (Å²) in [5, 5.41) is 10.4. The van der Waals surface area contributed by atoms with Crippen LogP contribution in [0.4, 0.5) is 13.2 Å².